The Balaban J connectivity index is 2.66. The second kappa shape index (κ2) is 5.46. The summed E-state index contributed by atoms with van der Waals surface area (Å²) in [5, 5.41) is 0. The van der Waals surface area contributed by atoms with Gasteiger partial charge in [-0.15, -0.1) is 11.3 Å². The van der Waals surface area contributed by atoms with Gasteiger partial charge in [0.15, 0.2) is 3.95 Å². The molecule has 0 N–H and O–H groups in total. The van der Waals surface area contributed by atoms with Crippen LogP contribution in [0.25, 0.3) is 10.4 Å². The molecular weight excluding hydrogens is 266 g/mol. The minimum Gasteiger partial charge on any atom is -0.496 e. The van der Waals surface area contributed by atoms with Crippen LogP contribution < -0.4 is 10.3 Å². The number of methoxy groups -OCH3 is 1. The van der Waals surface area contributed by atoms with E-state index in [1.807, 2.05) is 31.2 Å². The highest BCUT2D eigenvalue weighted by molar-refractivity contribution is 7.73. The molecule has 2 rings (SSSR count). The molecule has 0 saturated heterocycles. The zero-order valence-corrected chi connectivity index (χ0v) is 11.8. The summed E-state index contributed by atoms with van der Waals surface area (Å²) in [6, 6.07) is 9.22. The van der Waals surface area contributed by atoms with E-state index in [4.69, 9.17) is 17.0 Å². The summed E-state index contributed by atoms with van der Waals surface area (Å²) in [5.41, 5.74) is 0.832. The Morgan fingerprint density at radius 3 is 2.72 bits per heavy atom. The van der Waals surface area contributed by atoms with Crippen molar-refractivity contribution < 1.29 is 4.74 Å². The van der Waals surface area contributed by atoms with Gasteiger partial charge in [-0.1, -0.05) is 12.1 Å². The van der Waals surface area contributed by atoms with Crippen LogP contribution in [0.3, 0.4) is 0 Å². The molecule has 0 amide bonds. The molecule has 0 aliphatic rings. The van der Waals surface area contributed by atoms with Crippen molar-refractivity contribution in [3.63, 3.8) is 0 Å². The molecule has 0 bridgehead atoms. The molecule has 94 valence electrons. The van der Waals surface area contributed by atoms with Gasteiger partial charge in [-0.3, -0.25) is 9.36 Å². The number of aromatic nitrogens is 1. The lowest BCUT2D eigenvalue weighted by atomic mass is 10.1. The second-order valence-corrected chi connectivity index (χ2v) is 5.34. The molecule has 0 atom stereocenters. The van der Waals surface area contributed by atoms with Crippen molar-refractivity contribution in [3.8, 4) is 16.2 Å². The molecule has 2 aromatic rings. The van der Waals surface area contributed by atoms with E-state index < -0.39 is 0 Å². The maximum absolute atomic E-state index is 11.9. The van der Waals surface area contributed by atoms with Crippen LogP contribution in [0.1, 0.15) is 6.92 Å². The monoisotopic (exact) mass is 279 g/mol. The third-order valence-corrected chi connectivity index (χ3v) is 4.05. The van der Waals surface area contributed by atoms with Gasteiger partial charge in [0.25, 0.3) is 5.56 Å². The molecule has 0 fully saturated rings. The van der Waals surface area contributed by atoms with Gasteiger partial charge < -0.3 is 4.74 Å². The number of rotatable bonds is 3. The number of ether oxygens (including phenoxy) is 1. The van der Waals surface area contributed by atoms with Crippen molar-refractivity contribution >= 4 is 23.6 Å². The van der Waals surface area contributed by atoms with Crippen molar-refractivity contribution in [2.75, 3.05) is 7.11 Å². The number of hydrogen-bond acceptors (Lipinski definition) is 4. The van der Waals surface area contributed by atoms with Crippen LogP contribution in [0.2, 0.25) is 0 Å². The number of benzene rings is 1. The van der Waals surface area contributed by atoms with E-state index in [2.05, 4.69) is 0 Å². The molecular formula is C13H13NO2S2. The van der Waals surface area contributed by atoms with Crippen LogP contribution in [-0.2, 0) is 6.54 Å². The Kier molecular flexibility index (Phi) is 3.93. The standard InChI is InChI=1S/C13H13NO2S2/c1-3-14-12(15)8-11(18-13(14)17)9-6-4-5-7-10(9)16-2/h4-8H,3H2,1-2H3. The Morgan fingerprint density at radius 1 is 1.39 bits per heavy atom. The fourth-order valence-corrected chi connectivity index (χ4v) is 3.17. The van der Waals surface area contributed by atoms with Crippen LogP contribution in [0.4, 0.5) is 0 Å². The van der Waals surface area contributed by atoms with Gasteiger partial charge in [0.2, 0.25) is 0 Å². The summed E-state index contributed by atoms with van der Waals surface area (Å²) in [6.07, 6.45) is 0. The van der Waals surface area contributed by atoms with Gasteiger partial charge in [0.1, 0.15) is 5.75 Å². The first-order chi connectivity index (χ1) is 8.67. The van der Waals surface area contributed by atoms with Crippen LogP contribution >= 0.6 is 23.6 Å². The second-order valence-electron chi connectivity index (χ2n) is 3.66. The lowest BCUT2D eigenvalue weighted by Crippen LogP contribution is -2.17. The van der Waals surface area contributed by atoms with Crippen LogP contribution in [-0.4, -0.2) is 11.7 Å². The molecule has 1 aromatic carbocycles. The maximum Gasteiger partial charge on any atom is 0.253 e. The lowest BCUT2D eigenvalue weighted by molar-refractivity contribution is 0.416. The Bertz CT molecular complexity index is 642. The Morgan fingerprint density at radius 2 is 2.11 bits per heavy atom. The molecule has 0 spiro atoms. The number of nitrogens with zero attached hydrogens (tertiary/aromatic N) is 1. The summed E-state index contributed by atoms with van der Waals surface area (Å²) in [6.45, 7) is 2.51. The van der Waals surface area contributed by atoms with E-state index in [1.165, 1.54) is 11.3 Å². The van der Waals surface area contributed by atoms with E-state index in [0.29, 0.717) is 10.5 Å². The molecule has 0 unspecified atom stereocenters. The van der Waals surface area contributed by atoms with Crippen molar-refractivity contribution in [2.24, 2.45) is 0 Å². The molecule has 1 heterocycles. The molecule has 0 aliphatic heterocycles. The van der Waals surface area contributed by atoms with E-state index >= 15 is 0 Å². The van der Waals surface area contributed by atoms with Crippen LogP contribution in [0, 0.1) is 3.95 Å². The molecule has 1 aromatic heterocycles. The fraction of sp³-hybridized carbons (Fsp3) is 0.231. The summed E-state index contributed by atoms with van der Waals surface area (Å²) in [7, 11) is 1.62. The first-order valence-electron chi connectivity index (χ1n) is 5.55. The summed E-state index contributed by atoms with van der Waals surface area (Å²) in [5.74, 6) is 0.747. The van der Waals surface area contributed by atoms with Crippen molar-refractivity contribution in [2.45, 2.75) is 13.5 Å². The molecule has 0 aliphatic carbocycles. The molecule has 0 radical (unpaired) electrons. The van der Waals surface area contributed by atoms with Gasteiger partial charge in [-0.25, -0.2) is 0 Å². The topological polar surface area (TPSA) is 31.2 Å². The molecule has 3 nitrogen and oxygen atoms in total. The zero-order chi connectivity index (χ0) is 13.1. The van der Waals surface area contributed by atoms with Gasteiger partial charge in [0.05, 0.1) is 7.11 Å². The van der Waals surface area contributed by atoms with Gasteiger partial charge >= 0.3 is 0 Å². The predicted molar refractivity (Wildman–Crippen MR) is 77.1 cm³/mol. The highest BCUT2D eigenvalue weighted by atomic mass is 32.1. The predicted octanol–water partition coefficient (Wildman–Crippen LogP) is 3.33. The summed E-state index contributed by atoms with van der Waals surface area (Å²) in [4.78, 5) is 12.8. The Hall–Kier alpha value is -1.46. The third kappa shape index (κ3) is 2.37. The first-order valence-corrected chi connectivity index (χ1v) is 6.78. The van der Waals surface area contributed by atoms with E-state index in [1.54, 1.807) is 17.7 Å². The smallest absolute Gasteiger partial charge is 0.253 e. The van der Waals surface area contributed by atoms with E-state index in [0.717, 1.165) is 16.2 Å². The fourth-order valence-electron chi connectivity index (χ4n) is 1.72. The highest BCUT2D eigenvalue weighted by Gasteiger charge is 2.08. The van der Waals surface area contributed by atoms with Crippen LogP contribution in [0.15, 0.2) is 35.1 Å². The van der Waals surface area contributed by atoms with Crippen molar-refractivity contribution in [1.29, 1.82) is 0 Å². The van der Waals surface area contributed by atoms with Gasteiger partial charge in [-0.2, -0.15) is 0 Å². The first kappa shape index (κ1) is 13.0. The van der Waals surface area contributed by atoms with Gasteiger partial charge in [0, 0.05) is 23.1 Å². The van der Waals surface area contributed by atoms with E-state index in [9.17, 15) is 4.79 Å². The summed E-state index contributed by atoms with van der Waals surface area (Å²) >= 11 is 6.67. The average Bonchev–Trinajstić information content (AvgIpc) is 2.38. The van der Waals surface area contributed by atoms with Gasteiger partial charge in [-0.05, 0) is 31.3 Å². The van der Waals surface area contributed by atoms with Crippen molar-refractivity contribution in [3.05, 3.63) is 44.6 Å². The number of hydrogen-bond donors (Lipinski definition) is 0. The largest absolute Gasteiger partial charge is 0.496 e. The minimum absolute atomic E-state index is 0.0674. The number of para-hydroxylation sites is 1. The minimum atomic E-state index is -0.0674. The maximum atomic E-state index is 11.9. The van der Waals surface area contributed by atoms with Crippen molar-refractivity contribution in [1.82, 2.24) is 4.57 Å². The molecule has 0 saturated carbocycles. The molecule has 5 heteroatoms. The average molecular weight is 279 g/mol. The highest BCUT2D eigenvalue weighted by Crippen LogP contribution is 2.31. The van der Waals surface area contributed by atoms with Crippen LogP contribution in [0.5, 0.6) is 5.75 Å². The zero-order valence-electron chi connectivity index (χ0n) is 10.2. The summed E-state index contributed by atoms with van der Waals surface area (Å²) < 4.78 is 7.47. The molecule has 18 heavy (non-hydrogen) atoms. The lowest BCUT2D eigenvalue weighted by Gasteiger charge is -2.08. The Labute approximate surface area is 114 Å². The normalized spacial score (nSPS) is 10.3. The SMILES string of the molecule is CCn1c(=O)cc(-c2ccccc2OC)sc1=S. The third-order valence-electron chi connectivity index (χ3n) is 2.63. The quantitative estimate of drug-likeness (QED) is 0.808. The van der Waals surface area contributed by atoms with E-state index in [-0.39, 0.29) is 5.56 Å².